The molecule has 3 nitrogen and oxygen atoms in total. The van der Waals surface area contributed by atoms with Crippen molar-refractivity contribution in [2.45, 2.75) is 19.3 Å². The molecule has 5 heteroatoms. The van der Waals surface area contributed by atoms with E-state index in [4.69, 9.17) is 0 Å². The van der Waals surface area contributed by atoms with Gasteiger partial charge in [-0.25, -0.2) is 0 Å². The molecule has 2 rings (SSSR count). The number of hydrogen-bond acceptors (Lipinski definition) is 3. The molecule has 0 spiro atoms. The Morgan fingerprint density at radius 1 is 1.26 bits per heavy atom. The lowest BCUT2D eigenvalue weighted by atomic mass is 10.2. The van der Waals surface area contributed by atoms with Crippen LogP contribution < -0.4 is 5.32 Å². The smallest absolute Gasteiger partial charge is 0.220 e. The van der Waals surface area contributed by atoms with Crippen molar-refractivity contribution in [1.29, 1.82) is 0 Å². The Bertz CT molecular complexity index is 527. The molecule has 0 unspecified atom stereocenters. The molecule has 0 aliphatic rings. The predicted molar refractivity (Wildman–Crippen MR) is 86.3 cm³/mol. The van der Waals surface area contributed by atoms with Crippen LogP contribution in [-0.2, 0) is 17.6 Å². The van der Waals surface area contributed by atoms with Crippen LogP contribution in [0, 0.1) is 2.88 Å². The molecule has 2 heterocycles. The van der Waals surface area contributed by atoms with Gasteiger partial charge in [0.05, 0.1) is 2.88 Å². The molecule has 0 radical (unpaired) electrons. The Balaban J connectivity index is 1.65. The number of rotatable bonds is 6. The first kappa shape index (κ1) is 14.5. The summed E-state index contributed by atoms with van der Waals surface area (Å²) in [6.07, 6.45) is 3.86. The van der Waals surface area contributed by atoms with Crippen LogP contribution in [0.25, 0.3) is 0 Å². The second kappa shape index (κ2) is 7.59. The van der Waals surface area contributed by atoms with E-state index in [1.54, 1.807) is 17.5 Å². The van der Waals surface area contributed by atoms with Crippen molar-refractivity contribution in [1.82, 2.24) is 10.3 Å². The predicted octanol–water partition coefficient (Wildman–Crippen LogP) is 3.04. The van der Waals surface area contributed by atoms with Crippen molar-refractivity contribution in [2.24, 2.45) is 0 Å². The molecule has 0 saturated carbocycles. The average Bonchev–Trinajstić information content (AvgIpc) is 2.83. The maximum atomic E-state index is 11.7. The molecule has 19 heavy (non-hydrogen) atoms. The molecule has 0 aliphatic heterocycles. The van der Waals surface area contributed by atoms with Crippen LogP contribution in [0.5, 0.6) is 0 Å². The molecule has 2 aromatic heterocycles. The zero-order valence-electron chi connectivity index (χ0n) is 10.4. The first-order valence-corrected chi connectivity index (χ1v) is 8.04. The summed E-state index contributed by atoms with van der Waals surface area (Å²) in [6, 6.07) is 9.99. The summed E-state index contributed by atoms with van der Waals surface area (Å²) in [7, 11) is 0. The van der Waals surface area contributed by atoms with Gasteiger partial charge in [-0.1, -0.05) is 6.07 Å². The molecular formula is C14H15IN2OS. The lowest BCUT2D eigenvalue weighted by Gasteiger charge is -2.04. The van der Waals surface area contributed by atoms with Gasteiger partial charge in [0, 0.05) is 29.7 Å². The highest BCUT2D eigenvalue weighted by Crippen LogP contribution is 2.18. The van der Waals surface area contributed by atoms with Crippen molar-refractivity contribution < 1.29 is 4.79 Å². The highest BCUT2D eigenvalue weighted by atomic mass is 127. The third-order valence-corrected chi connectivity index (χ3v) is 4.61. The summed E-state index contributed by atoms with van der Waals surface area (Å²) in [4.78, 5) is 17.2. The number of thiophene rings is 1. The number of carbonyl (C=O) groups is 1. The number of aromatic nitrogens is 1. The van der Waals surface area contributed by atoms with E-state index in [-0.39, 0.29) is 5.91 Å². The van der Waals surface area contributed by atoms with Gasteiger partial charge in [-0.15, -0.1) is 11.3 Å². The molecule has 0 fully saturated rings. The average molecular weight is 386 g/mol. The van der Waals surface area contributed by atoms with Crippen molar-refractivity contribution >= 4 is 39.8 Å². The summed E-state index contributed by atoms with van der Waals surface area (Å²) in [5.74, 6) is 0.0944. The van der Waals surface area contributed by atoms with Gasteiger partial charge in [-0.05, 0) is 59.7 Å². The molecule has 0 bridgehead atoms. The van der Waals surface area contributed by atoms with Crippen LogP contribution in [0.15, 0.2) is 36.5 Å². The fraction of sp³-hybridized carbons (Fsp3) is 0.286. The van der Waals surface area contributed by atoms with E-state index in [0.29, 0.717) is 19.4 Å². The Morgan fingerprint density at radius 2 is 2.16 bits per heavy atom. The maximum absolute atomic E-state index is 11.7. The van der Waals surface area contributed by atoms with Crippen LogP contribution in [0.3, 0.4) is 0 Å². The van der Waals surface area contributed by atoms with E-state index in [0.717, 1.165) is 12.1 Å². The van der Waals surface area contributed by atoms with Gasteiger partial charge < -0.3 is 5.32 Å². The van der Waals surface area contributed by atoms with Gasteiger partial charge in [0.25, 0.3) is 0 Å². The first-order chi connectivity index (χ1) is 9.24. The third kappa shape index (κ3) is 5.28. The molecule has 0 aromatic carbocycles. The van der Waals surface area contributed by atoms with E-state index in [1.165, 1.54) is 7.76 Å². The molecule has 0 aliphatic carbocycles. The van der Waals surface area contributed by atoms with Gasteiger partial charge in [0.2, 0.25) is 5.91 Å². The molecule has 0 atom stereocenters. The van der Waals surface area contributed by atoms with Crippen LogP contribution in [0.4, 0.5) is 0 Å². The minimum Gasteiger partial charge on any atom is -0.356 e. The zero-order chi connectivity index (χ0) is 13.5. The third-order valence-electron chi connectivity index (χ3n) is 2.66. The quantitative estimate of drug-likeness (QED) is 0.776. The zero-order valence-corrected chi connectivity index (χ0v) is 13.4. The maximum Gasteiger partial charge on any atom is 0.220 e. The van der Waals surface area contributed by atoms with Crippen molar-refractivity contribution in [3.8, 4) is 0 Å². The van der Waals surface area contributed by atoms with Crippen molar-refractivity contribution in [3.63, 3.8) is 0 Å². The lowest BCUT2D eigenvalue weighted by Crippen LogP contribution is -2.25. The summed E-state index contributed by atoms with van der Waals surface area (Å²) < 4.78 is 1.29. The van der Waals surface area contributed by atoms with Gasteiger partial charge >= 0.3 is 0 Å². The Labute approximate surface area is 130 Å². The Morgan fingerprint density at radius 3 is 2.84 bits per heavy atom. The molecule has 100 valence electrons. The van der Waals surface area contributed by atoms with E-state index < -0.39 is 0 Å². The fourth-order valence-electron chi connectivity index (χ4n) is 1.69. The molecule has 2 aromatic rings. The van der Waals surface area contributed by atoms with Crippen molar-refractivity contribution in [2.75, 3.05) is 6.54 Å². The minimum atomic E-state index is 0.0944. The van der Waals surface area contributed by atoms with Gasteiger partial charge in [0.1, 0.15) is 0 Å². The highest BCUT2D eigenvalue weighted by molar-refractivity contribution is 14.1. The minimum absolute atomic E-state index is 0.0944. The second-order valence-corrected chi connectivity index (χ2v) is 7.19. The largest absolute Gasteiger partial charge is 0.356 e. The van der Waals surface area contributed by atoms with E-state index in [9.17, 15) is 4.79 Å². The Hall–Kier alpha value is -0.950. The number of pyridine rings is 1. The number of halogens is 1. The fourth-order valence-corrected chi connectivity index (χ4v) is 3.44. The monoisotopic (exact) mass is 386 g/mol. The summed E-state index contributed by atoms with van der Waals surface area (Å²) in [6.45, 7) is 0.706. The molecule has 1 amide bonds. The van der Waals surface area contributed by atoms with Gasteiger partial charge in [-0.2, -0.15) is 0 Å². The number of nitrogens with zero attached hydrogens (tertiary/aromatic N) is 1. The summed E-state index contributed by atoms with van der Waals surface area (Å²) >= 11 is 4.08. The van der Waals surface area contributed by atoms with Crippen LogP contribution in [0.1, 0.15) is 17.0 Å². The molecule has 1 N–H and O–H groups in total. The number of amides is 1. The second-order valence-electron chi connectivity index (χ2n) is 4.13. The summed E-state index contributed by atoms with van der Waals surface area (Å²) in [5, 5.41) is 2.95. The normalized spacial score (nSPS) is 10.4. The van der Waals surface area contributed by atoms with Crippen molar-refractivity contribution in [3.05, 3.63) is 50.0 Å². The molecular weight excluding hydrogens is 371 g/mol. The summed E-state index contributed by atoms with van der Waals surface area (Å²) in [5.41, 5.74) is 0.963. The Kier molecular flexibility index (Phi) is 5.78. The van der Waals surface area contributed by atoms with Crippen LogP contribution >= 0.6 is 33.9 Å². The topological polar surface area (TPSA) is 42.0 Å². The van der Waals surface area contributed by atoms with Gasteiger partial charge in [0.15, 0.2) is 0 Å². The SMILES string of the molecule is O=C(CCc1ccccn1)NCCc1ccc(I)s1. The van der Waals surface area contributed by atoms with Crippen LogP contribution in [-0.4, -0.2) is 17.4 Å². The number of carbonyl (C=O) groups excluding carboxylic acids is 1. The van der Waals surface area contributed by atoms with Gasteiger partial charge in [-0.3, -0.25) is 9.78 Å². The lowest BCUT2D eigenvalue weighted by molar-refractivity contribution is -0.121. The molecule has 0 saturated heterocycles. The van der Waals surface area contributed by atoms with E-state index >= 15 is 0 Å². The number of aryl methyl sites for hydroxylation is 1. The first-order valence-electron chi connectivity index (χ1n) is 6.15. The van der Waals surface area contributed by atoms with E-state index in [1.807, 2.05) is 18.2 Å². The highest BCUT2D eigenvalue weighted by Gasteiger charge is 2.03. The number of nitrogens with one attached hydrogen (secondary N) is 1. The van der Waals surface area contributed by atoms with Crippen LogP contribution in [0.2, 0.25) is 0 Å². The van der Waals surface area contributed by atoms with E-state index in [2.05, 4.69) is 45.0 Å². The standard InChI is InChI=1S/C14H15IN2OS/c15-13-6-5-12(19-13)8-10-17-14(18)7-4-11-3-1-2-9-16-11/h1-3,5-6,9H,4,7-8,10H2,(H,17,18). The number of hydrogen-bond donors (Lipinski definition) is 1.